The molecule has 0 aliphatic carbocycles. The molecule has 0 saturated heterocycles. The highest BCUT2D eigenvalue weighted by Crippen LogP contribution is 2.16. The van der Waals surface area contributed by atoms with Gasteiger partial charge in [-0.2, -0.15) is 4.80 Å². The summed E-state index contributed by atoms with van der Waals surface area (Å²) in [5, 5.41) is 22.3. The van der Waals surface area contributed by atoms with Crippen LogP contribution in [0, 0.1) is 6.92 Å². The van der Waals surface area contributed by atoms with E-state index in [0.29, 0.717) is 16.7 Å². The number of carboxylic acid groups (broad SMARTS) is 1. The van der Waals surface area contributed by atoms with E-state index >= 15 is 0 Å². The molecule has 1 amide bonds. The zero-order valence-corrected chi connectivity index (χ0v) is 11.4. The van der Waals surface area contributed by atoms with Crippen LogP contribution in [0.15, 0.2) is 24.3 Å². The van der Waals surface area contributed by atoms with Crippen molar-refractivity contribution in [3.05, 3.63) is 41.0 Å². The second-order valence-electron chi connectivity index (χ2n) is 4.25. The first kappa shape index (κ1) is 14.4. The summed E-state index contributed by atoms with van der Waals surface area (Å²) in [7, 11) is 1.59. The van der Waals surface area contributed by atoms with Gasteiger partial charge in [0, 0.05) is 11.6 Å². The van der Waals surface area contributed by atoms with Gasteiger partial charge in [0.2, 0.25) is 0 Å². The fourth-order valence-corrected chi connectivity index (χ4v) is 1.74. The smallest absolute Gasteiger partial charge is 0.328 e. The molecule has 21 heavy (non-hydrogen) atoms. The van der Waals surface area contributed by atoms with Gasteiger partial charge in [-0.15, -0.1) is 5.10 Å². The molecule has 0 fully saturated rings. The summed E-state index contributed by atoms with van der Waals surface area (Å²) in [6, 6.07) is 5.04. The van der Waals surface area contributed by atoms with Crippen LogP contribution in [0.5, 0.6) is 0 Å². The van der Waals surface area contributed by atoms with Crippen LogP contribution in [-0.2, 0) is 11.8 Å². The molecular formula is C13H13N5O3. The average Bonchev–Trinajstić information content (AvgIpc) is 2.82. The standard InChI is InChI=1S/C13H13N5O3/c1-8-9(6-7-11(19)20)4-3-5-10(8)12(21)14-13-15-17-18(2)16-13/h3-7H,1-2H3,(H,19,20)(H,14,16,21)/b7-6+. The number of hydrogen-bond donors (Lipinski definition) is 2. The molecule has 0 unspecified atom stereocenters. The van der Waals surface area contributed by atoms with E-state index in [-0.39, 0.29) is 11.9 Å². The number of hydrogen-bond acceptors (Lipinski definition) is 5. The number of aromatic nitrogens is 4. The zero-order chi connectivity index (χ0) is 15.4. The molecule has 8 nitrogen and oxygen atoms in total. The molecule has 2 N–H and O–H groups in total. The second kappa shape index (κ2) is 5.95. The van der Waals surface area contributed by atoms with E-state index in [0.717, 1.165) is 6.08 Å². The molecular weight excluding hydrogens is 274 g/mol. The van der Waals surface area contributed by atoms with Gasteiger partial charge in [-0.3, -0.25) is 10.1 Å². The Morgan fingerprint density at radius 1 is 1.38 bits per heavy atom. The van der Waals surface area contributed by atoms with Gasteiger partial charge in [0.25, 0.3) is 11.9 Å². The van der Waals surface area contributed by atoms with Gasteiger partial charge < -0.3 is 5.11 Å². The number of carbonyl (C=O) groups is 2. The molecule has 0 saturated carbocycles. The van der Waals surface area contributed by atoms with Crippen molar-refractivity contribution < 1.29 is 14.7 Å². The van der Waals surface area contributed by atoms with E-state index in [1.807, 2.05) is 0 Å². The van der Waals surface area contributed by atoms with Crippen molar-refractivity contribution in [2.75, 3.05) is 5.32 Å². The Labute approximate surface area is 120 Å². The quantitative estimate of drug-likeness (QED) is 0.807. The molecule has 2 aromatic rings. The number of aliphatic carboxylic acids is 1. The minimum atomic E-state index is -1.05. The van der Waals surface area contributed by atoms with Crippen LogP contribution in [0.25, 0.3) is 6.08 Å². The molecule has 0 radical (unpaired) electrons. The molecule has 0 spiro atoms. The summed E-state index contributed by atoms with van der Waals surface area (Å²) in [5.74, 6) is -1.33. The van der Waals surface area contributed by atoms with Gasteiger partial charge >= 0.3 is 5.97 Å². The van der Waals surface area contributed by atoms with E-state index in [2.05, 4.69) is 20.7 Å². The van der Waals surface area contributed by atoms with E-state index in [9.17, 15) is 9.59 Å². The van der Waals surface area contributed by atoms with Gasteiger partial charge in [-0.25, -0.2) is 4.79 Å². The third kappa shape index (κ3) is 3.50. The fourth-order valence-electron chi connectivity index (χ4n) is 1.74. The minimum Gasteiger partial charge on any atom is -0.478 e. The first-order chi connectivity index (χ1) is 9.97. The van der Waals surface area contributed by atoms with E-state index in [4.69, 9.17) is 5.11 Å². The number of amides is 1. The largest absolute Gasteiger partial charge is 0.478 e. The maximum Gasteiger partial charge on any atom is 0.328 e. The van der Waals surface area contributed by atoms with E-state index in [1.165, 1.54) is 10.9 Å². The first-order valence-corrected chi connectivity index (χ1v) is 6.03. The minimum absolute atomic E-state index is 0.105. The lowest BCUT2D eigenvalue weighted by molar-refractivity contribution is -0.131. The monoisotopic (exact) mass is 287 g/mol. The molecule has 2 rings (SSSR count). The Balaban J connectivity index is 2.25. The summed E-state index contributed by atoms with van der Waals surface area (Å²) in [6.07, 6.45) is 2.46. The van der Waals surface area contributed by atoms with Crippen LogP contribution >= 0.6 is 0 Å². The maximum atomic E-state index is 12.2. The molecule has 108 valence electrons. The molecule has 0 atom stereocenters. The van der Waals surface area contributed by atoms with Crippen molar-refractivity contribution >= 4 is 23.9 Å². The van der Waals surface area contributed by atoms with Crippen LogP contribution in [0.3, 0.4) is 0 Å². The number of rotatable bonds is 4. The van der Waals surface area contributed by atoms with Crippen molar-refractivity contribution in [1.29, 1.82) is 0 Å². The van der Waals surface area contributed by atoms with Crippen LogP contribution in [0.2, 0.25) is 0 Å². The lowest BCUT2D eigenvalue weighted by atomic mass is 10.0. The maximum absolute atomic E-state index is 12.2. The number of anilines is 1. The summed E-state index contributed by atoms with van der Waals surface area (Å²) in [4.78, 5) is 24.0. The summed E-state index contributed by atoms with van der Waals surface area (Å²) in [6.45, 7) is 1.74. The molecule has 0 aliphatic heterocycles. The van der Waals surface area contributed by atoms with E-state index in [1.54, 1.807) is 32.2 Å². The Morgan fingerprint density at radius 3 is 2.76 bits per heavy atom. The third-order valence-corrected chi connectivity index (χ3v) is 2.76. The predicted molar refractivity (Wildman–Crippen MR) is 74.6 cm³/mol. The van der Waals surface area contributed by atoms with Gasteiger partial charge in [-0.05, 0) is 35.4 Å². The summed E-state index contributed by atoms with van der Waals surface area (Å²) in [5.41, 5.74) is 1.73. The van der Waals surface area contributed by atoms with Crippen LogP contribution in [-0.4, -0.2) is 37.2 Å². The summed E-state index contributed by atoms with van der Waals surface area (Å²) < 4.78 is 0. The molecule has 1 aromatic carbocycles. The van der Waals surface area contributed by atoms with Gasteiger partial charge in [0.1, 0.15) is 0 Å². The molecule has 8 heteroatoms. The van der Waals surface area contributed by atoms with Gasteiger partial charge in [0.05, 0.1) is 7.05 Å². The predicted octanol–water partition coefficient (Wildman–Crippen LogP) is 0.869. The highest BCUT2D eigenvalue weighted by atomic mass is 16.4. The van der Waals surface area contributed by atoms with E-state index < -0.39 is 5.97 Å². The lowest BCUT2D eigenvalue weighted by Gasteiger charge is -2.07. The fraction of sp³-hybridized carbons (Fsp3) is 0.154. The van der Waals surface area contributed by atoms with Crippen molar-refractivity contribution in [2.45, 2.75) is 6.92 Å². The Bertz CT molecular complexity index is 720. The van der Waals surface area contributed by atoms with Crippen molar-refractivity contribution in [3.8, 4) is 0 Å². The normalized spacial score (nSPS) is 10.8. The Kier molecular flexibility index (Phi) is 4.07. The lowest BCUT2D eigenvalue weighted by Crippen LogP contribution is -2.15. The van der Waals surface area contributed by atoms with Gasteiger partial charge in [0.15, 0.2) is 0 Å². The summed E-state index contributed by atoms with van der Waals surface area (Å²) >= 11 is 0. The van der Waals surface area contributed by atoms with Crippen LogP contribution in [0.4, 0.5) is 5.95 Å². The van der Waals surface area contributed by atoms with Gasteiger partial charge in [-0.1, -0.05) is 17.2 Å². The van der Waals surface area contributed by atoms with Crippen molar-refractivity contribution in [2.24, 2.45) is 7.05 Å². The number of carboxylic acids is 1. The third-order valence-electron chi connectivity index (χ3n) is 2.76. The topological polar surface area (TPSA) is 110 Å². The number of aryl methyl sites for hydroxylation is 1. The molecule has 1 aromatic heterocycles. The number of carbonyl (C=O) groups excluding carboxylic acids is 1. The van der Waals surface area contributed by atoms with Crippen LogP contribution < -0.4 is 5.32 Å². The van der Waals surface area contributed by atoms with Crippen LogP contribution in [0.1, 0.15) is 21.5 Å². The second-order valence-corrected chi connectivity index (χ2v) is 4.25. The van der Waals surface area contributed by atoms with Crippen molar-refractivity contribution in [1.82, 2.24) is 20.2 Å². The first-order valence-electron chi connectivity index (χ1n) is 6.03. The number of tetrazole rings is 1. The zero-order valence-electron chi connectivity index (χ0n) is 11.4. The molecule has 1 heterocycles. The van der Waals surface area contributed by atoms with Crippen molar-refractivity contribution in [3.63, 3.8) is 0 Å². The highest BCUT2D eigenvalue weighted by Gasteiger charge is 2.13. The number of nitrogens with one attached hydrogen (secondary N) is 1. The number of benzene rings is 1. The number of nitrogens with zero attached hydrogens (tertiary/aromatic N) is 4. The average molecular weight is 287 g/mol. The molecule has 0 aliphatic rings. The SMILES string of the molecule is Cc1c(/C=C/C(=O)O)cccc1C(=O)Nc1nnn(C)n1. The Morgan fingerprint density at radius 2 is 2.14 bits per heavy atom. The molecule has 0 bridgehead atoms. The Hall–Kier alpha value is -3.03. The highest BCUT2D eigenvalue weighted by molar-refractivity contribution is 6.05.